The van der Waals surface area contributed by atoms with Crippen molar-refractivity contribution in [2.75, 3.05) is 19.1 Å². The van der Waals surface area contributed by atoms with Gasteiger partial charge in [-0.15, -0.1) is 0 Å². The number of carbonyl (C=O) groups is 1. The molecule has 0 spiro atoms. The van der Waals surface area contributed by atoms with Gasteiger partial charge in [-0.3, -0.25) is 4.79 Å². The molecule has 3 nitrogen and oxygen atoms in total. The summed E-state index contributed by atoms with van der Waals surface area (Å²) in [6.45, 7) is 3.82. The molecule has 0 radical (unpaired) electrons. The lowest BCUT2D eigenvalue weighted by molar-refractivity contribution is -0.132. The minimum absolute atomic E-state index is 0.0286. The summed E-state index contributed by atoms with van der Waals surface area (Å²) < 4.78 is 0. The van der Waals surface area contributed by atoms with Gasteiger partial charge in [-0.25, -0.2) is 0 Å². The van der Waals surface area contributed by atoms with Gasteiger partial charge in [-0.2, -0.15) is 11.8 Å². The van der Waals surface area contributed by atoms with E-state index >= 15 is 0 Å². The maximum Gasteiger partial charge on any atom is 0.239 e. The molecule has 2 N–H and O–H groups in total. The minimum Gasteiger partial charge on any atom is -0.341 e. The van der Waals surface area contributed by atoms with Crippen molar-refractivity contribution in [3.8, 4) is 0 Å². The normalized spacial score (nSPS) is 15.2. The second-order valence-corrected chi connectivity index (χ2v) is 4.17. The smallest absolute Gasteiger partial charge is 0.239 e. The molecular weight excluding hydrogens is 184 g/mol. The number of amides is 1. The number of likely N-dealkylation sites (N-methyl/N-ethyl adjacent to an activating group) is 1. The molecule has 4 heteroatoms. The standard InChI is InChI=1S/C9H20N2OS/c1-5-8(6-13-4)11(3)9(12)7(2)10/h7-8H,5-6,10H2,1-4H3. The van der Waals surface area contributed by atoms with Crippen LogP contribution in [0.25, 0.3) is 0 Å². The Hall–Kier alpha value is -0.220. The first-order chi connectivity index (χ1) is 6.04. The van der Waals surface area contributed by atoms with Crippen LogP contribution in [-0.2, 0) is 4.79 Å². The van der Waals surface area contributed by atoms with Crippen molar-refractivity contribution in [3.63, 3.8) is 0 Å². The van der Waals surface area contributed by atoms with Crippen LogP contribution < -0.4 is 5.73 Å². The highest BCUT2D eigenvalue weighted by Gasteiger charge is 2.20. The second kappa shape index (κ2) is 6.27. The third-order valence-electron chi connectivity index (χ3n) is 2.12. The highest BCUT2D eigenvalue weighted by molar-refractivity contribution is 7.98. The molecule has 13 heavy (non-hydrogen) atoms. The van der Waals surface area contributed by atoms with Crippen molar-refractivity contribution in [2.45, 2.75) is 32.4 Å². The second-order valence-electron chi connectivity index (χ2n) is 3.26. The number of rotatable bonds is 5. The van der Waals surface area contributed by atoms with Gasteiger partial charge < -0.3 is 10.6 Å². The molecular formula is C9H20N2OS. The van der Waals surface area contributed by atoms with E-state index < -0.39 is 0 Å². The van der Waals surface area contributed by atoms with Gasteiger partial charge >= 0.3 is 0 Å². The summed E-state index contributed by atoms with van der Waals surface area (Å²) >= 11 is 1.76. The van der Waals surface area contributed by atoms with Crippen LogP contribution in [0.1, 0.15) is 20.3 Å². The van der Waals surface area contributed by atoms with Crippen LogP contribution in [0.3, 0.4) is 0 Å². The van der Waals surface area contributed by atoms with Crippen LogP contribution in [0, 0.1) is 0 Å². The topological polar surface area (TPSA) is 46.3 Å². The molecule has 0 rings (SSSR count). The van der Waals surface area contributed by atoms with Gasteiger partial charge in [-0.1, -0.05) is 6.92 Å². The molecule has 0 saturated heterocycles. The lowest BCUT2D eigenvalue weighted by Crippen LogP contribution is -2.45. The molecule has 0 saturated carbocycles. The molecule has 2 unspecified atom stereocenters. The molecule has 1 amide bonds. The Morgan fingerprint density at radius 1 is 1.62 bits per heavy atom. The lowest BCUT2D eigenvalue weighted by Gasteiger charge is -2.28. The van der Waals surface area contributed by atoms with E-state index in [9.17, 15) is 4.79 Å². The third kappa shape index (κ3) is 4.00. The van der Waals surface area contributed by atoms with Gasteiger partial charge in [0.15, 0.2) is 0 Å². The van der Waals surface area contributed by atoms with Gasteiger partial charge in [0.05, 0.1) is 6.04 Å². The largest absolute Gasteiger partial charge is 0.341 e. The lowest BCUT2D eigenvalue weighted by atomic mass is 10.2. The molecule has 2 atom stereocenters. The molecule has 0 aromatic carbocycles. The van der Waals surface area contributed by atoms with Gasteiger partial charge in [-0.05, 0) is 19.6 Å². The van der Waals surface area contributed by atoms with Crippen LogP contribution in [0.4, 0.5) is 0 Å². The highest BCUT2D eigenvalue weighted by atomic mass is 32.2. The molecule has 0 heterocycles. The molecule has 0 aliphatic carbocycles. The first-order valence-electron chi connectivity index (χ1n) is 4.55. The van der Waals surface area contributed by atoms with Crippen molar-refractivity contribution >= 4 is 17.7 Å². The Labute approximate surface area is 85.0 Å². The van der Waals surface area contributed by atoms with Crippen LogP contribution >= 0.6 is 11.8 Å². The van der Waals surface area contributed by atoms with E-state index in [0.29, 0.717) is 6.04 Å². The number of carbonyl (C=O) groups excluding carboxylic acids is 1. The molecule has 0 aromatic heterocycles. The van der Waals surface area contributed by atoms with E-state index in [4.69, 9.17) is 5.73 Å². The predicted octanol–water partition coefficient (Wildman–Crippen LogP) is 0.934. The average Bonchev–Trinajstić information content (AvgIpc) is 2.11. The number of hydrogen-bond acceptors (Lipinski definition) is 3. The maximum absolute atomic E-state index is 11.5. The van der Waals surface area contributed by atoms with Crippen molar-refractivity contribution < 1.29 is 4.79 Å². The Morgan fingerprint density at radius 2 is 2.15 bits per heavy atom. The number of nitrogens with two attached hydrogens (primary N) is 1. The zero-order valence-electron chi connectivity index (χ0n) is 8.91. The molecule has 0 bridgehead atoms. The molecule has 0 aromatic rings. The fraction of sp³-hybridized carbons (Fsp3) is 0.889. The molecule has 0 aliphatic rings. The van der Waals surface area contributed by atoms with Crippen molar-refractivity contribution in [3.05, 3.63) is 0 Å². The predicted molar refractivity (Wildman–Crippen MR) is 58.9 cm³/mol. The number of hydrogen-bond donors (Lipinski definition) is 1. The molecule has 78 valence electrons. The van der Waals surface area contributed by atoms with Gasteiger partial charge in [0.2, 0.25) is 5.91 Å². The summed E-state index contributed by atoms with van der Waals surface area (Å²) in [6, 6.07) is -0.0746. The number of thioether (sulfide) groups is 1. The Kier molecular flexibility index (Phi) is 6.16. The van der Waals surface area contributed by atoms with Crippen LogP contribution in [-0.4, -0.2) is 41.9 Å². The Bertz CT molecular complexity index is 162. The third-order valence-corrected chi connectivity index (χ3v) is 2.83. The Morgan fingerprint density at radius 3 is 2.46 bits per heavy atom. The quantitative estimate of drug-likeness (QED) is 0.725. The average molecular weight is 204 g/mol. The van der Waals surface area contributed by atoms with Gasteiger partial charge in [0.25, 0.3) is 0 Å². The van der Waals surface area contributed by atoms with E-state index in [1.165, 1.54) is 0 Å². The van der Waals surface area contributed by atoms with E-state index in [2.05, 4.69) is 6.92 Å². The summed E-state index contributed by atoms with van der Waals surface area (Å²) in [4.78, 5) is 13.3. The fourth-order valence-corrected chi connectivity index (χ4v) is 2.04. The van der Waals surface area contributed by atoms with Gasteiger partial charge in [0, 0.05) is 18.8 Å². The van der Waals surface area contributed by atoms with E-state index in [-0.39, 0.29) is 11.9 Å². The zero-order chi connectivity index (χ0) is 10.4. The minimum atomic E-state index is -0.388. The summed E-state index contributed by atoms with van der Waals surface area (Å²) in [5.74, 6) is 1.01. The Balaban J connectivity index is 4.18. The van der Waals surface area contributed by atoms with Gasteiger partial charge in [0.1, 0.15) is 0 Å². The van der Waals surface area contributed by atoms with Crippen molar-refractivity contribution in [2.24, 2.45) is 5.73 Å². The van der Waals surface area contributed by atoms with Crippen molar-refractivity contribution in [1.82, 2.24) is 4.90 Å². The summed E-state index contributed by atoms with van der Waals surface area (Å²) in [6.07, 6.45) is 3.03. The summed E-state index contributed by atoms with van der Waals surface area (Å²) in [5.41, 5.74) is 5.53. The molecule has 0 fully saturated rings. The monoisotopic (exact) mass is 204 g/mol. The summed E-state index contributed by atoms with van der Waals surface area (Å²) in [5, 5.41) is 0. The fourth-order valence-electron chi connectivity index (χ4n) is 1.20. The molecule has 0 aliphatic heterocycles. The first-order valence-corrected chi connectivity index (χ1v) is 5.95. The van der Waals surface area contributed by atoms with E-state index in [1.807, 2.05) is 13.3 Å². The SMILES string of the molecule is CCC(CSC)N(C)C(=O)C(C)N. The first kappa shape index (κ1) is 12.8. The van der Waals surface area contributed by atoms with Crippen LogP contribution in [0.2, 0.25) is 0 Å². The van der Waals surface area contributed by atoms with E-state index in [1.54, 1.807) is 23.6 Å². The van der Waals surface area contributed by atoms with Crippen molar-refractivity contribution in [1.29, 1.82) is 0 Å². The highest BCUT2D eigenvalue weighted by Crippen LogP contribution is 2.08. The van der Waals surface area contributed by atoms with Crippen LogP contribution in [0.15, 0.2) is 0 Å². The maximum atomic E-state index is 11.5. The summed E-state index contributed by atoms with van der Waals surface area (Å²) in [7, 11) is 1.83. The van der Waals surface area contributed by atoms with Crippen LogP contribution in [0.5, 0.6) is 0 Å². The number of nitrogens with zero attached hydrogens (tertiary/aromatic N) is 1. The van der Waals surface area contributed by atoms with E-state index in [0.717, 1.165) is 12.2 Å². The zero-order valence-corrected chi connectivity index (χ0v) is 9.73.